The van der Waals surface area contributed by atoms with Gasteiger partial charge in [-0.2, -0.15) is 0 Å². The Balaban J connectivity index is 1.44. The molecule has 0 amide bonds. The lowest BCUT2D eigenvalue weighted by Gasteiger charge is -2.30. The summed E-state index contributed by atoms with van der Waals surface area (Å²) in [5.41, 5.74) is 4.19. The molecule has 0 radical (unpaired) electrons. The van der Waals surface area contributed by atoms with Gasteiger partial charge in [0, 0.05) is 46.5 Å². The van der Waals surface area contributed by atoms with Crippen LogP contribution >= 0.6 is 23.2 Å². The molecule has 0 spiro atoms. The van der Waals surface area contributed by atoms with Crippen LogP contribution < -0.4 is 4.74 Å². The van der Waals surface area contributed by atoms with Crippen LogP contribution in [0, 0.1) is 6.92 Å². The molecule has 0 bridgehead atoms. The zero-order chi connectivity index (χ0) is 23.3. The third-order valence-electron chi connectivity index (χ3n) is 6.68. The average molecular weight is 486 g/mol. The molecule has 7 heteroatoms. The van der Waals surface area contributed by atoms with Gasteiger partial charge in [0.15, 0.2) is 0 Å². The van der Waals surface area contributed by atoms with Gasteiger partial charge in [-0.05, 0) is 61.7 Å². The summed E-state index contributed by atoms with van der Waals surface area (Å²) in [5, 5.41) is 11.4. The zero-order valence-electron chi connectivity index (χ0n) is 19.1. The maximum Gasteiger partial charge on any atom is 0.140 e. The van der Waals surface area contributed by atoms with Gasteiger partial charge in [-0.1, -0.05) is 37.0 Å². The molecule has 2 aliphatic rings. The Morgan fingerprint density at radius 3 is 2.58 bits per heavy atom. The lowest BCUT2D eigenvalue weighted by Crippen LogP contribution is -2.39. The molecule has 174 valence electrons. The smallest absolute Gasteiger partial charge is 0.140 e. The van der Waals surface area contributed by atoms with Crippen molar-refractivity contribution in [1.82, 2.24) is 14.5 Å². The third-order valence-corrected chi connectivity index (χ3v) is 7.23. The lowest BCUT2D eigenvalue weighted by molar-refractivity contribution is 0.0818. The van der Waals surface area contributed by atoms with Gasteiger partial charge in [-0.15, -0.1) is 0 Å². The second-order valence-electron chi connectivity index (χ2n) is 9.46. The Morgan fingerprint density at radius 1 is 1.15 bits per heavy atom. The number of aryl methyl sites for hydroxylation is 1. The summed E-state index contributed by atoms with van der Waals surface area (Å²) in [7, 11) is 0. The van der Waals surface area contributed by atoms with Gasteiger partial charge in [0.2, 0.25) is 0 Å². The van der Waals surface area contributed by atoms with E-state index < -0.39 is 0 Å². The van der Waals surface area contributed by atoms with Crippen molar-refractivity contribution >= 4 is 23.2 Å². The quantitative estimate of drug-likeness (QED) is 0.501. The van der Waals surface area contributed by atoms with Crippen LogP contribution in [-0.2, 0) is 6.42 Å². The molecule has 1 N–H and O–H groups in total. The van der Waals surface area contributed by atoms with Gasteiger partial charge in [-0.3, -0.25) is 4.90 Å². The van der Waals surface area contributed by atoms with E-state index >= 15 is 0 Å². The minimum absolute atomic E-state index is 0.108. The number of β-amino-alcohol motifs (C(OH)–C–C–N with tert-alkyl or cyclic N) is 1. The number of ether oxygens (including phenoxy) is 1. The summed E-state index contributed by atoms with van der Waals surface area (Å²) in [4.78, 5) is 6.99. The van der Waals surface area contributed by atoms with Gasteiger partial charge >= 0.3 is 0 Å². The van der Waals surface area contributed by atoms with E-state index in [-0.39, 0.29) is 18.2 Å². The van der Waals surface area contributed by atoms with E-state index in [0.717, 1.165) is 53.5 Å². The average Bonchev–Trinajstić information content (AvgIpc) is 3.46. The molecule has 2 heterocycles. The topological polar surface area (TPSA) is 50.5 Å². The molecule has 33 heavy (non-hydrogen) atoms. The fraction of sp³-hybridized carbons (Fsp3) is 0.423. The van der Waals surface area contributed by atoms with Crippen LogP contribution in [-0.4, -0.2) is 44.8 Å². The highest BCUT2D eigenvalue weighted by atomic mass is 35.5. The van der Waals surface area contributed by atoms with Gasteiger partial charge in [0.1, 0.15) is 17.7 Å². The number of rotatable bonds is 5. The molecule has 3 atom stereocenters. The predicted octanol–water partition coefficient (Wildman–Crippen LogP) is 5.72. The number of fused-ring (bicyclic) bond motifs is 1. The Kier molecular flexibility index (Phi) is 6.17. The van der Waals surface area contributed by atoms with Crippen LogP contribution in [0.3, 0.4) is 0 Å². The minimum Gasteiger partial charge on any atom is -0.484 e. The molecule has 1 aliphatic heterocycles. The van der Waals surface area contributed by atoms with E-state index in [4.69, 9.17) is 27.9 Å². The standard InChI is InChI=1S/C26H29Cl2N3O2/c1-15(2)26-29-16(3)13-31(26)18-4-6-20(7-5-18)33-25-22-10-17(27)11-23(28)21(22)12-24(25)30-9-8-19(32)14-30/h4-7,10-11,13,15,19,24-25,32H,8-9,12,14H2,1-3H3/t19-,24+,25-/m1/s1. The Labute approximate surface area is 204 Å². The van der Waals surface area contributed by atoms with Crippen molar-refractivity contribution in [2.45, 2.75) is 57.8 Å². The van der Waals surface area contributed by atoms with Crippen LogP contribution in [0.15, 0.2) is 42.6 Å². The SMILES string of the molecule is Cc1cn(-c2ccc(O[C@@H]3c4cc(Cl)cc(Cl)c4C[C@@H]3N3CC[C@@H](O)C3)cc2)c(C(C)C)n1. The Morgan fingerprint density at radius 2 is 1.91 bits per heavy atom. The van der Waals surface area contributed by atoms with Crippen molar-refractivity contribution in [2.24, 2.45) is 0 Å². The number of benzene rings is 2. The van der Waals surface area contributed by atoms with Crippen LogP contribution in [0.25, 0.3) is 5.69 Å². The van der Waals surface area contributed by atoms with E-state index in [1.807, 2.05) is 25.1 Å². The molecule has 5 rings (SSSR count). The van der Waals surface area contributed by atoms with Crippen LogP contribution in [0.4, 0.5) is 0 Å². The van der Waals surface area contributed by atoms with Crippen molar-refractivity contribution in [2.75, 3.05) is 13.1 Å². The maximum atomic E-state index is 10.1. The largest absolute Gasteiger partial charge is 0.484 e. The van der Waals surface area contributed by atoms with Gasteiger partial charge in [-0.25, -0.2) is 4.98 Å². The zero-order valence-corrected chi connectivity index (χ0v) is 20.6. The first kappa shape index (κ1) is 22.7. The maximum absolute atomic E-state index is 10.1. The molecule has 0 unspecified atom stereocenters. The van der Waals surface area contributed by atoms with E-state index in [2.05, 4.69) is 46.6 Å². The highest BCUT2D eigenvalue weighted by Crippen LogP contribution is 2.43. The Hall–Kier alpha value is -2.05. The number of likely N-dealkylation sites (tertiary alicyclic amines) is 1. The Bertz CT molecular complexity index is 1160. The molecule has 0 saturated carbocycles. The minimum atomic E-state index is -0.290. The molecule has 1 saturated heterocycles. The van der Waals surface area contributed by atoms with E-state index in [1.54, 1.807) is 6.07 Å². The van der Waals surface area contributed by atoms with Crippen molar-refractivity contribution in [1.29, 1.82) is 0 Å². The predicted molar refractivity (Wildman–Crippen MR) is 132 cm³/mol. The van der Waals surface area contributed by atoms with Crippen LogP contribution in [0.2, 0.25) is 10.0 Å². The van der Waals surface area contributed by atoms with Crippen LogP contribution in [0.5, 0.6) is 5.75 Å². The number of aliphatic hydroxyl groups is 1. The van der Waals surface area contributed by atoms with Crippen molar-refractivity contribution in [3.05, 3.63) is 75.3 Å². The molecule has 2 aromatic carbocycles. The molecule has 1 aliphatic carbocycles. The fourth-order valence-corrected chi connectivity index (χ4v) is 5.70. The molecule has 1 fully saturated rings. The van der Waals surface area contributed by atoms with Crippen molar-refractivity contribution < 1.29 is 9.84 Å². The highest BCUT2D eigenvalue weighted by Gasteiger charge is 2.41. The summed E-state index contributed by atoms with van der Waals surface area (Å²) in [6.07, 6.45) is 3.14. The van der Waals surface area contributed by atoms with Gasteiger partial charge in [0.05, 0.1) is 17.8 Å². The highest BCUT2D eigenvalue weighted by molar-refractivity contribution is 6.35. The lowest BCUT2D eigenvalue weighted by atomic mass is 10.1. The van der Waals surface area contributed by atoms with E-state index in [1.165, 1.54) is 0 Å². The summed E-state index contributed by atoms with van der Waals surface area (Å²) in [6.45, 7) is 7.82. The number of aliphatic hydroxyl groups excluding tert-OH is 1. The first-order valence-corrected chi connectivity index (χ1v) is 12.3. The second-order valence-corrected chi connectivity index (χ2v) is 10.3. The van der Waals surface area contributed by atoms with Gasteiger partial charge in [0.25, 0.3) is 0 Å². The van der Waals surface area contributed by atoms with Gasteiger partial charge < -0.3 is 14.4 Å². The number of hydrogen-bond donors (Lipinski definition) is 1. The summed E-state index contributed by atoms with van der Waals surface area (Å²) in [6, 6.07) is 12.0. The molecular weight excluding hydrogens is 457 g/mol. The first-order valence-electron chi connectivity index (χ1n) is 11.5. The summed E-state index contributed by atoms with van der Waals surface area (Å²) < 4.78 is 8.72. The summed E-state index contributed by atoms with van der Waals surface area (Å²) in [5.74, 6) is 2.17. The molecule has 3 aromatic rings. The molecule has 1 aromatic heterocycles. The number of halogens is 2. The normalized spacial score (nSPS) is 22.8. The van der Waals surface area contributed by atoms with E-state index in [9.17, 15) is 5.11 Å². The van der Waals surface area contributed by atoms with Crippen LogP contribution in [0.1, 0.15) is 54.9 Å². The monoisotopic (exact) mass is 485 g/mol. The molecular formula is C26H29Cl2N3O2. The number of aromatic nitrogens is 2. The number of hydrogen-bond acceptors (Lipinski definition) is 4. The second kappa shape index (κ2) is 8.95. The number of nitrogens with zero attached hydrogens (tertiary/aromatic N) is 3. The first-order chi connectivity index (χ1) is 15.8. The van der Waals surface area contributed by atoms with Crippen molar-refractivity contribution in [3.8, 4) is 11.4 Å². The third kappa shape index (κ3) is 4.40. The molecule has 5 nitrogen and oxygen atoms in total. The fourth-order valence-electron chi connectivity index (χ4n) is 5.11. The number of imidazole rings is 1. The van der Waals surface area contributed by atoms with Crippen molar-refractivity contribution in [3.63, 3.8) is 0 Å². The van der Waals surface area contributed by atoms with E-state index in [0.29, 0.717) is 22.5 Å². The summed E-state index contributed by atoms with van der Waals surface area (Å²) >= 11 is 12.9.